The van der Waals surface area contributed by atoms with E-state index >= 15 is 0 Å². The summed E-state index contributed by atoms with van der Waals surface area (Å²) in [6.45, 7) is 5.95. The monoisotopic (exact) mass is 472 g/mol. The molecule has 1 aromatic heterocycles. The Morgan fingerprint density at radius 3 is 2.57 bits per heavy atom. The first-order chi connectivity index (χ1) is 16.8. The molecule has 1 aliphatic heterocycles. The van der Waals surface area contributed by atoms with Crippen molar-refractivity contribution in [2.45, 2.75) is 51.5 Å². The molecule has 0 saturated carbocycles. The Morgan fingerprint density at radius 1 is 1.11 bits per heavy atom. The molecule has 1 aliphatic rings. The van der Waals surface area contributed by atoms with Gasteiger partial charge in [-0.15, -0.1) is 0 Å². The molecular formula is C28H28N2O5. The molecule has 0 bridgehead atoms. The number of pyridine rings is 1. The molecule has 0 amide bonds. The fourth-order valence-corrected chi connectivity index (χ4v) is 4.38. The standard InChI is InChI=1S/C28H28N2O5/c1-19(31)34-27-26(23-15-22(17-29)9-10-24(23)35-28(27,2)3)30-13-11-20(16-25(30)32)12-14-33-18-21-7-5-4-6-8-21/h4-11,13,15-16,26-27H,12,14,18H2,1-3H3/t26-,27+/m1/s1. The van der Waals surface area contributed by atoms with Crippen LogP contribution >= 0.6 is 0 Å². The summed E-state index contributed by atoms with van der Waals surface area (Å²) in [7, 11) is 0. The third-order valence-electron chi connectivity index (χ3n) is 6.05. The lowest BCUT2D eigenvalue weighted by Gasteiger charge is -2.44. The highest BCUT2D eigenvalue weighted by Gasteiger charge is 2.47. The number of nitrogens with zero attached hydrogens (tertiary/aromatic N) is 2. The van der Waals surface area contributed by atoms with Gasteiger partial charge in [0.1, 0.15) is 17.4 Å². The van der Waals surface area contributed by atoms with Crippen molar-refractivity contribution in [2.75, 3.05) is 6.61 Å². The minimum absolute atomic E-state index is 0.237. The Morgan fingerprint density at radius 2 is 1.89 bits per heavy atom. The summed E-state index contributed by atoms with van der Waals surface area (Å²) in [5.74, 6) is 0.0736. The summed E-state index contributed by atoms with van der Waals surface area (Å²) >= 11 is 0. The number of carbonyl (C=O) groups is 1. The highest BCUT2D eigenvalue weighted by atomic mass is 16.6. The fraction of sp³-hybridized carbons (Fsp3) is 0.321. The quantitative estimate of drug-likeness (QED) is 0.379. The number of nitriles is 1. The molecule has 7 heteroatoms. The van der Waals surface area contributed by atoms with Crippen molar-refractivity contribution in [3.8, 4) is 11.8 Å². The third kappa shape index (κ3) is 5.44. The highest BCUT2D eigenvalue weighted by molar-refractivity contribution is 5.66. The van der Waals surface area contributed by atoms with Crippen molar-refractivity contribution in [3.05, 3.63) is 99.5 Å². The number of rotatable bonds is 7. The van der Waals surface area contributed by atoms with Gasteiger partial charge in [-0.2, -0.15) is 5.26 Å². The van der Waals surface area contributed by atoms with Gasteiger partial charge in [-0.25, -0.2) is 0 Å². The maximum absolute atomic E-state index is 13.3. The van der Waals surface area contributed by atoms with Gasteiger partial charge < -0.3 is 18.8 Å². The average molecular weight is 473 g/mol. The van der Waals surface area contributed by atoms with Crippen LogP contribution in [0.4, 0.5) is 0 Å². The molecule has 4 rings (SSSR count). The Kier molecular flexibility index (Phi) is 7.04. The van der Waals surface area contributed by atoms with Gasteiger partial charge in [0.2, 0.25) is 0 Å². The Hall–Kier alpha value is -3.89. The van der Waals surface area contributed by atoms with E-state index in [1.54, 1.807) is 35.0 Å². The van der Waals surface area contributed by atoms with Crippen LogP contribution in [-0.2, 0) is 27.3 Å². The average Bonchev–Trinajstić information content (AvgIpc) is 2.83. The first-order valence-electron chi connectivity index (χ1n) is 11.5. The predicted octanol–water partition coefficient (Wildman–Crippen LogP) is 4.17. The molecular weight excluding hydrogens is 444 g/mol. The minimum Gasteiger partial charge on any atom is -0.484 e. The van der Waals surface area contributed by atoms with E-state index in [2.05, 4.69) is 6.07 Å². The largest absolute Gasteiger partial charge is 0.484 e. The number of hydrogen-bond acceptors (Lipinski definition) is 6. The summed E-state index contributed by atoms with van der Waals surface area (Å²) in [6, 6.07) is 19.9. The number of benzene rings is 2. The molecule has 3 aromatic rings. The van der Waals surface area contributed by atoms with Crippen LogP contribution in [0.1, 0.15) is 49.1 Å². The van der Waals surface area contributed by atoms with E-state index in [9.17, 15) is 14.9 Å². The zero-order chi connectivity index (χ0) is 25.0. The van der Waals surface area contributed by atoms with Gasteiger partial charge in [0, 0.05) is 24.8 Å². The molecule has 0 fully saturated rings. The van der Waals surface area contributed by atoms with Crippen LogP contribution in [0.5, 0.6) is 5.75 Å². The molecule has 0 N–H and O–H groups in total. The zero-order valence-corrected chi connectivity index (χ0v) is 20.1. The van der Waals surface area contributed by atoms with Crippen LogP contribution in [-0.4, -0.2) is 28.8 Å². The minimum atomic E-state index is -0.902. The van der Waals surface area contributed by atoms with E-state index in [-0.39, 0.29) is 5.56 Å². The van der Waals surface area contributed by atoms with Gasteiger partial charge in [0.05, 0.1) is 24.8 Å². The van der Waals surface area contributed by atoms with Crippen molar-refractivity contribution in [3.63, 3.8) is 0 Å². The molecule has 0 unspecified atom stereocenters. The highest BCUT2D eigenvalue weighted by Crippen LogP contribution is 2.43. The van der Waals surface area contributed by atoms with Gasteiger partial charge in [-0.3, -0.25) is 9.59 Å². The molecule has 7 nitrogen and oxygen atoms in total. The van der Waals surface area contributed by atoms with E-state index in [0.717, 1.165) is 11.1 Å². The SMILES string of the molecule is CC(=O)O[C@H]1[C@H](n2ccc(CCOCc3ccccc3)cc2=O)c2cc(C#N)ccc2OC1(C)C. The van der Waals surface area contributed by atoms with Crippen molar-refractivity contribution >= 4 is 5.97 Å². The van der Waals surface area contributed by atoms with Crippen molar-refractivity contribution in [1.82, 2.24) is 4.57 Å². The summed E-state index contributed by atoms with van der Waals surface area (Å²) in [5, 5.41) is 9.42. The predicted molar refractivity (Wildman–Crippen MR) is 130 cm³/mol. The van der Waals surface area contributed by atoms with Gasteiger partial charge in [-0.1, -0.05) is 30.3 Å². The second kappa shape index (κ2) is 10.2. The number of fused-ring (bicyclic) bond motifs is 1. The second-order valence-corrected chi connectivity index (χ2v) is 9.11. The van der Waals surface area contributed by atoms with Gasteiger partial charge in [-0.05, 0) is 55.7 Å². The number of carbonyl (C=O) groups excluding carboxylic acids is 1. The van der Waals surface area contributed by atoms with Gasteiger partial charge >= 0.3 is 5.97 Å². The lowest BCUT2D eigenvalue weighted by Crippen LogP contribution is -2.54. The van der Waals surface area contributed by atoms with E-state index < -0.39 is 23.7 Å². The summed E-state index contributed by atoms with van der Waals surface area (Å²) in [5.41, 5.74) is 1.85. The van der Waals surface area contributed by atoms with Crippen LogP contribution in [0.25, 0.3) is 0 Å². The molecule has 35 heavy (non-hydrogen) atoms. The zero-order valence-electron chi connectivity index (χ0n) is 20.1. The van der Waals surface area contributed by atoms with Crippen LogP contribution < -0.4 is 10.3 Å². The number of aromatic nitrogens is 1. The molecule has 180 valence electrons. The van der Waals surface area contributed by atoms with E-state index in [0.29, 0.717) is 36.5 Å². The first-order valence-corrected chi connectivity index (χ1v) is 11.5. The maximum atomic E-state index is 13.3. The molecule has 2 aromatic carbocycles. The molecule has 0 spiro atoms. The lowest BCUT2D eigenvalue weighted by atomic mass is 9.85. The molecule has 2 atom stereocenters. The van der Waals surface area contributed by atoms with Crippen LogP contribution in [0.3, 0.4) is 0 Å². The first kappa shape index (κ1) is 24.2. The Bertz CT molecular complexity index is 1310. The van der Waals surface area contributed by atoms with E-state index in [4.69, 9.17) is 14.2 Å². The summed E-state index contributed by atoms with van der Waals surface area (Å²) in [6.07, 6.45) is 1.52. The maximum Gasteiger partial charge on any atom is 0.303 e. The Labute approximate surface area is 204 Å². The number of hydrogen-bond donors (Lipinski definition) is 0. The van der Waals surface area contributed by atoms with Gasteiger partial charge in [0.25, 0.3) is 5.56 Å². The van der Waals surface area contributed by atoms with E-state index in [1.807, 2.05) is 50.2 Å². The van der Waals surface area contributed by atoms with Gasteiger partial charge in [0.15, 0.2) is 6.10 Å². The molecule has 2 heterocycles. The van der Waals surface area contributed by atoms with Crippen LogP contribution in [0.15, 0.2) is 71.7 Å². The van der Waals surface area contributed by atoms with E-state index in [1.165, 1.54) is 6.92 Å². The van der Waals surface area contributed by atoms with Crippen molar-refractivity contribution in [2.24, 2.45) is 0 Å². The molecule has 0 aliphatic carbocycles. The third-order valence-corrected chi connectivity index (χ3v) is 6.05. The second-order valence-electron chi connectivity index (χ2n) is 9.11. The molecule has 0 radical (unpaired) electrons. The number of ether oxygens (including phenoxy) is 3. The topological polar surface area (TPSA) is 90.5 Å². The Balaban J connectivity index is 1.61. The van der Waals surface area contributed by atoms with Crippen LogP contribution in [0, 0.1) is 11.3 Å². The smallest absolute Gasteiger partial charge is 0.303 e. The number of esters is 1. The van der Waals surface area contributed by atoms with Crippen LogP contribution in [0.2, 0.25) is 0 Å². The van der Waals surface area contributed by atoms with Crippen molar-refractivity contribution < 1.29 is 19.0 Å². The lowest BCUT2D eigenvalue weighted by molar-refractivity contribution is -0.163. The summed E-state index contributed by atoms with van der Waals surface area (Å²) < 4.78 is 19.1. The normalized spacial score (nSPS) is 18.1. The molecule has 0 saturated heterocycles. The summed E-state index contributed by atoms with van der Waals surface area (Å²) in [4.78, 5) is 25.2. The fourth-order valence-electron chi connectivity index (χ4n) is 4.38. The van der Waals surface area contributed by atoms with Crippen molar-refractivity contribution in [1.29, 1.82) is 5.26 Å².